The molecule has 11 heteroatoms. The zero-order valence-electron chi connectivity index (χ0n) is 13.8. The number of nitrogens with zero attached hydrogens (tertiary/aromatic N) is 3. The van der Waals surface area contributed by atoms with Crippen molar-refractivity contribution in [3.05, 3.63) is 60.8 Å². The summed E-state index contributed by atoms with van der Waals surface area (Å²) in [6.45, 7) is 1.80. The van der Waals surface area contributed by atoms with Crippen molar-refractivity contribution >= 4 is 15.7 Å². The number of aryl methyl sites for hydroxylation is 1. The minimum absolute atomic E-state index is 0.201. The van der Waals surface area contributed by atoms with Gasteiger partial charge >= 0.3 is 6.36 Å². The van der Waals surface area contributed by atoms with Crippen LogP contribution in [0.1, 0.15) is 5.82 Å². The van der Waals surface area contributed by atoms with Crippen molar-refractivity contribution in [3.63, 3.8) is 0 Å². The van der Waals surface area contributed by atoms with E-state index >= 15 is 0 Å². The fourth-order valence-corrected chi connectivity index (χ4v) is 3.29. The summed E-state index contributed by atoms with van der Waals surface area (Å²) in [5, 5.41) is 0. The largest absolute Gasteiger partial charge is 0.573 e. The SMILES string of the molecule is Cc1nccn1-c1ccc(NS(=O)(=O)c2ccc(OC(F)(F)F)cc2)cn1. The standard InChI is InChI=1S/C16H13F3N4O3S/c1-11-20-8-9-23(11)15-7-2-12(10-21-15)22-27(24,25)14-5-3-13(4-6-14)26-16(17,18)19/h2-10,22H,1H3. The number of rotatable bonds is 5. The summed E-state index contributed by atoms with van der Waals surface area (Å²) < 4.78 is 68.9. The van der Waals surface area contributed by atoms with Crippen LogP contribution in [0.4, 0.5) is 18.9 Å². The number of alkyl halides is 3. The van der Waals surface area contributed by atoms with Gasteiger partial charge in [-0.05, 0) is 43.3 Å². The summed E-state index contributed by atoms with van der Waals surface area (Å²) in [6.07, 6.45) is -0.195. The summed E-state index contributed by atoms with van der Waals surface area (Å²) in [7, 11) is -3.99. The van der Waals surface area contributed by atoms with Gasteiger partial charge in [-0.1, -0.05) is 0 Å². The zero-order chi connectivity index (χ0) is 19.7. The molecule has 2 aromatic heterocycles. The molecule has 1 N–H and O–H groups in total. The Morgan fingerprint density at radius 2 is 1.78 bits per heavy atom. The van der Waals surface area contributed by atoms with E-state index in [0.29, 0.717) is 5.82 Å². The van der Waals surface area contributed by atoms with Crippen LogP contribution in [0.25, 0.3) is 5.82 Å². The lowest BCUT2D eigenvalue weighted by molar-refractivity contribution is -0.274. The first kappa shape index (κ1) is 18.7. The van der Waals surface area contributed by atoms with Gasteiger partial charge in [-0.2, -0.15) is 0 Å². The highest BCUT2D eigenvalue weighted by Crippen LogP contribution is 2.24. The van der Waals surface area contributed by atoms with E-state index in [4.69, 9.17) is 0 Å². The van der Waals surface area contributed by atoms with Crippen LogP contribution in [-0.4, -0.2) is 29.3 Å². The average molecular weight is 398 g/mol. The molecule has 0 unspecified atom stereocenters. The zero-order valence-corrected chi connectivity index (χ0v) is 14.6. The number of nitrogens with one attached hydrogen (secondary N) is 1. The first-order chi connectivity index (χ1) is 12.6. The molecule has 0 bridgehead atoms. The van der Waals surface area contributed by atoms with Gasteiger partial charge in [0.1, 0.15) is 17.4 Å². The number of hydrogen-bond acceptors (Lipinski definition) is 5. The number of anilines is 1. The number of sulfonamides is 1. The van der Waals surface area contributed by atoms with E-state index in [1.54, 1.807) is 30.0 Å². The van der Waals surface area contributed by atoms with Crippen LogP contribution in [0.15, 0.2) is 59.9 Å². The van der Waals surface area contributed by atoms with Crippen molar-refractivity contribution in [1.82, 2.24) is 14.5 Å². The predicted octanol–water partition coefficient (Wildman–Crippen LogP) is 3.28. The van der Waals surface area contributed by atoms with Crippen molar-refractivity contribution in [2.45, 2.75) is 18.2 Å². The molecule has 0 spiro atoms. The smallest absolute Gasteiger partial charge is 0.406 e. The number of hydrogen-bond donors (Lipinski definition) is 1. The molecule has 3 aromatic rings. The van der Waals surface area contributed by atoms with E-state index < -0.39 is 22.1 Å². The van der Waals surface area contributed by atoms with Gasteiger partial charge in [-0.3, -0.25) is 9.29 Å². The lowest BCUT2D eigenvalue weighted by atomic mass is 10.3. The lowest BCUT2D eigenvalue weighted by Crippen LogP contribution is -2.17. The molecule has 0 aliphatic rings. The van der Waals surface area contributed by atoms with Gasteiger partial charge in [0.2, 0.25) is 0 Å². The Balaban J connectivity index is 1.75. The van der Waals surface area contributed by atoms with Crippen molar-refractivity contribution in [2.24, 2.45) is 0 Å². The van der Waals surface area contributed by atoms with Crippen LogP contribution < -0.4 is 9.46 Å². The van der Waals surface area contributed by atoms with Gasteiger partial charge in [0.05, 0.1) is 16.8 Å². The second-order valence-electron chi connectivity index (χ2n) is 5.37. The first-order valence-corrected chi connectivity index (χ1v) is 8.97. The van der Waals surface area contributed by atoms with Crippen LogP contribution in [0.2, 0.25) is 0 Å². The maximum atomic E-state index is 12.3. The number of halogens is 3. The molecule has 27 heavy (non-hydrogen) atoms. The number of aromatic nitrogens is 3. The highest BCUT2D eigenvalue weighted by atomic mass is 32.2. The maximum absolute atomic E-state index is 12.3. The highest BCUT2D eigenvalue weighted by molar-refractivity contribution is 7.92. The number of ether oxygens (including phenoxy) is 1. The Labute approximate surface area is 152 Å². The topological polar surface area (TPSA) is 86.1 Å². The van der Waals surface area contributed by atoms with Crippen molar-refractivity contribution < 1.29 is 26.3 Å². The van der Waals surface area contributed by atoms with E-state index in [1.807, 2.05) is 0 Å². The van der Waals surface area contributed by atoms with Gasteiger partial charge in [0.15, 0.2) is 0 Å². The summed E-state index contributed by atoms with van der Waals surface area (Å²) in [5.74, 6) is 0.766. The Kier molecular flexibility index (Phi) is 4.79. The van der Waals surface area contributed by atoms with Gasteiger partial charge in [0, 0.05) is 12.4 Å². The summed E-state index contributed by atoms with van der Waals surface area (Å²) in [4.78, 5) is 8.02. The molecule has 0 aliphatic carbocycles. The third-order valence-corrected chi connectivity index (χ3v) is 4.84. The molecule has 1 aromatic carbocycles. The number of pyridine rings is 1. The van der Waals surface area contributed by atoms with Crippen molar-refractivity contribution in [2.75, 3.05) is 4.72 Å². The molecule has 7 nitrogen and oxygen atoms in total. The molecule has 0 saturated heterocycles. The van der Waals surface area contributed by atoms with Gasteiger partial charge in [0.25, 0.3) is 10.0 Å². The highest BCUT2D eigenvalue weighted by Gasteiger charge is 2.31. The van der Waals surface area contributed by atoms with Crippen LogP contribution in [-0.2, 0) is 10.0 Å². The van der Waals surface area contributed by atoms with Gasteiger partial charge in [-0.25, -0.2) is 18.4 Å². The second kappa shape index (κ2) is 6.91. The quantitative estimate of drug-likeness (QED) is 0.713. The van der Waals surface area contributed by atoms with E-state index in [9.17, 15) is 21.6 Å². The van der Waals surface area contributed by atoms with Crippen molar-refractivity contribution in [3.8, 4) is 11.6 Å². The molecular formula is C16H13F3N4O3S. The fraction of sp³-hybridized carbons (Fsp3) is 0.125. The molecule has 0 saturated carbocycles. The summed E-state index contributed by atoms with van der Waals surface area (Å²) >= 11 is 0. The van der Waals surface area contributed by atoms with Crippen LogP contribution >= 0.6 is 0 Å². The molecule has 0 aliphatic heterocycles. The molecular weight excluding hydrogens is 385 g/mol. The molecule has 3 rings (SSSR count). The van der Waals surface area contributed by atoms with Gasteiger partial charge < -0.3 is 4.74 Å². The van der Waals surface area contributed by atoms with E-state index in [-0.39, 0.29) is 10.6 Å². The summed E-state index contributed by atoms with van der Waals surface area (Å²) in [6, 6.07) is 6.99. The normalized spacial score (nSPS) is 12.0. The average Bonchev–Trinajstić information content (AvgIpc) is 3.00. The van der Waals surface area contributed by atoms with Crippen LogP contribution in [0.5, 0.6) is 5.75 Å². The summed E-state index contributed by atoms with van der Waals surface area (Å²) in [5.41, 5.74) is 0.201. The minimum Gasteiger partial charge on any atom is -0.406 e. The van der Waals surface area contributed by atoms with Crippen LogP contribution in [0.3, 0.4) is 0 Å². The minimum atomic E-state index is -4.85. The Morgan fingerprint density at radius 3 is 2.30 bits per heavy atom. The Morgan fingerprint density at radius 1 is 1.07 bits per heavy atom. The number of imidazole rings is 1. The first-order valence-electron chi connectivity index (χ1n) is 7.49. The van der Waals surface area contributed by atoms with Crippen molar-refractivity contribution in [1.29, 1.82) is 0 Å². The molecule has 0 amide bonds. The third-order valence-electron chi connectivity index (χ3n) is 3.44. The Hall–Kier alpha value is -3.08. The fourth-order valence-electron chi connectivity index (χ4n) is 2.24. The molecule has 142 valence electrons. The van der Waals surface area contributed by atoms with E-state index in [0.717, 1.165) is 30.1 Å². The second-order valence-corrected chi connectivity index (χ2v) is 7.06. The molecule has 2 heterocycles. The predicted molar refractivity (Wildman–Crippen MR) is 90.0 cm³/mol. The monoisotopic (exact) mass is 398 g/mol. The molecule has 0 atom stereocenters. The number of benzene rings is 1. The Bertz CT molecular complexity index is 1030. The van der Waals surface area contributed by atoms with E-state index in [1.165, 1.54) is 12.3 Å². The molecule has 0 radical (unpaired) electrons. The van der Waals surface area contributed by atoms with Gasteiger partial charge in [-0.15, -0.1) is 13.2 Å². The maximum Gasteiger partial charge on any atom is 0.573 e. The lowest BCUT2D eigenvalue weighted by Gasteiger charge is -2.11. The van der Waals surface area contributed by atoms with Crippen LogP contribution in [0, 0.1) is 6.92 Å². The van der Waals surface area contributed by atoms with E-state index in [2.05, 4.69) is 19.4 Å². The molecule has 0 fully saturated rings. The third kappa shape index (κ3) is 4.56.